The van der Waals surface area contributed by atoms with Gasteiger partial charge in [0.25, 0.3) is 5.91 Å². The summed E-state index contributed by atoms with van der Waals surface area (Å²) in [6, 6.07) is 8.27. The normalized spacial score (nSPS) is 13.9. The number of rotatable bonds is 4. The van der Waals surface area contributed by atoms with Gasteiger partial charge in [-0.25, -0.2) is 4.98 Å². The van der Waals surface area contributed by atoms with Crippen LogP contribution in [0.1, 0.15) is 22.3 Å². The third-order valence-electron chi connectivity index (χ3n) is 4.01. The highest BCUT2D eigenvalue weighted by Gasteiger charge is 2.29. The van der Waals surface area contributed by atoms with E-state index in [0.29, 0.717) is 12.3 Å². The van der Waals surface area contributed by atoms with Crippen molar-refractivity contribution in [2.45, 2.75) is 19.0 Å². The number of hydrogen-bond acceptors (Lipinski definition) is 4. The SMILES string of the molecule is COc1cccc2c1N(C(=O)c1ccc(OCC(F)(F)F)nc1)CCC2. The molecular formula is C18H17F3N2O3. The van der Waals surface area contributed by atoms with Crippen molar-refractivity contribution in [1.82, 2.24) is 4.98 Å². The zero-order chi connectivity index (χ0) is 18.7. The third kappa shape index (κ3) is 3.89. The molecule has 0 unspecified atom stereocenters. The van der Waals surface area contributed by atoms with Gasteiger partial charge < -0.3 is 14.4 Å². The minimum Gasteiger partial charge on any atom is -0.495 e. The van der Waals surface area contributed by atoms with Crippen molar-refractivity contribution in [3.63, 3.8) is 0 Å². The van der Waals surface area contributed by atoms with Gasteiger partial charge in [0.05, 0.1) is 18.4 Å². The van der Waals surface area contributed by atoms with E-state index in [2.05, 4.69) is 9.72 Å². The number of amides is 1. The molecule has 26 heavy (non-hydrogen) atoms. The lowest BCUT2D eigenvalue weighted by molar-refractivity contribution is -0.154. The molecule has 0 fully saturated rings. The fourth-order valence-electron chi connectivity index (χ4n) is 2.89. The van der Waals surface area contributed by atoms with E-state index in [1.54, 1.807) is 18.1 Å². The maximum absolute atomic E-state index is 12.9. The molecule has 0 spiro atoms. The van der Waals surface area contributed by atoms with Gasteiger partial charge in [-0.15, -0.1) is 0 Å². The predicted octanol–water partition coefficient (Wildman–Crippen LogP) is 3.62. The number of methoxy groups -OCH3 is 1. The van der Waals surface area contributed by atoms with Crippen molar-refractivity contribution in [1.29, 1.82) is 0 Å². The van der Waals surface area contributed by atoms with E-state index in [1.165, 1.54) is 18.3 Å². The summed E-state index contributed by atoms with van der Waals surface area (Å²) in [4.78, 5) is 18.3. The molecule has 1 aliphatic rings. The number of anilines is 1. The molecule has 0 saturated heterocycles. The molecule has 1 aromatic heterocycles. The van der Waals surface area contributed by atoms with Gasteiger partial charge >= 0.3 is 6.18 Å². The van der Waals surface area contributed by atoms with Crippen LogP contribution in [0.2, 0.25) is 0 Å². The molecule has 8 heteroatoms. The van der Waals surface area contributed by atoms with Gasteiger partial charge in [-0.05, 0) is 30.5 Å². The lowest BCUT2D eigenvalue weighted by Gasteiger charge is -2.30. The maximum atomic E-state index is 12.9. The predicted molar refractivity (Wildman–Crippen MR) is 88.8 cm³/mol. The van der Waals surface area contributed by atoms with E-state index in [4.69, 9.17) is 4.74 Å². The first kappa shape index (κ1) is 18.0. The number of aromatic nitrogens is 1. The first-order valence-electron chi connectivity index (χ1n) is 8.02. The highest BCUT2D eigenvalue weighted by atomic mass is 19.4. The van der Waals surface area contributed by atoms with Gasteiger partial charge in [0.2, 0.25) is 5.88 Å². The average molecular weight is 366 g/mol. The van der Waals surface area contributed by atoms with E-state index in [1.807, 2.05) is 12.1 Å². The van der Waals surface area contributed by atoms with E-state index in [9.17, 15) is 18.0 Å². The Morgan fingerprint density at radius 3 is 2.73 bits per heavy atom. The van der Waals surface area contributed by atoms with Crippen LogP contribution < -0.4 is 14.4 Å². The smallest absolute Gasteiger partial charge is 0.422 e. The fourth-order valence-corrected chi connectivity index (χ4v) is 2.89. The molecule has 1 amide bonds. The zero-order valence-electron chi connectivity index (χ0n) is 14.0. The Bertz CT molecular complexity index is 777. The van der Waals surface area contributed by atoms with Crippen LogP contribution in [0.3, 0.4) is 0 Å². The van der Waals surface area contributed by atoms with Crippen LogP contribution in [0.15, 0.2) is 36.5 Å². The molecule has 0 N–H and O–H groups in total. The van der Waals surface area contributed by atoms with Crippen molar-refractivity contribution < 1.29 is 27.4 Å². The van der Waals surface area contributed by atoms with Gasteiger partial charge in [-0.1, -0.05) is 12.1 Å². The minimum absolute atomic E-state index is 0.185. The van der Waals surface area contributed by atoms with Crippen LogP contribution in [-0.4, -0.2) is 37.3 Å². The van der Waals surface area contributed by atoms with Crippen LogP contribution in [-0.2, 0) is 6.42 Å². The second kappa shape index (κ2) is 7.23. The molecule has 1 aromatic carbocycles. The summed E-state index contributed by atoms with van der Waals surface area (Å²) in [5.41, 5.74) is 2.01. The van der Waals surface area contributed by atoms with Crippen LogP contribution in [0.5, 0.6) is 11.6 Å². The van der Waals surface area contributed by atoms with Gasteiger partial charge in [0.1, 0.15) is 5.75 Å². The fraction of sp³-hybridized carbons (Fsp3) is 0.333. The van der Waals surface area contributed by atoms with Crippen molar-refractivity contribution in [3.8, 4) is 11.6 Å². The first-order chi connectivity index (χ1) is 12.4. The molecule has 2 heterocycles. The van der Waals surface area contributed by atoms with Crippen LogP contribution in [0, 0.1) is 0 Å². The molecule has 0 bridgehead atoms. The quantitative estimate of drug-likeness (QED) is 0.829. The lowest BCUT2D eigenvalue weighted by Crippen LogP contribution is -2.35. The highest BCUT2D eigenvalue weighted by molar-refractivity contribution is 6.07. The summed E-state index contributed by atoms with van der Waals surface area (Å²) in [5.74, 6) is 0.134. The summed E-state index contributed by atoms with van der Waals surface area (Å²) < 4.78 is 46.5. The minimum atomic E-state index is -4.44. The summed E-state index contributed by atoms with van der Waals surface area (Å²) >= 11 is 0. The summed E-state index contributed by atoms with van der Waals surface area (Å²) in [6.07, 6.45) is -1.56. The summed E-state index contributed by atoms with van der Waals surface area (Å²) in [6.45, 7) is -0.900. The second-order valence-corrected chi connectivity index (χ2v) is 5.82. The Kier molecular flexibility index (Phi) is 5.01. The third-order valence-corrected chi connectivity index (χ3v) is 4.01. The maximum Gasteiger partial charge on any atom is 0.422 e. The molecule has 0 saturated carbocycles. The molecule has 0 atom stereocenters. The molecule has 3 rings (SSSR count). The van der Waals surface area contributed by atoms with Gasteiger partial charge in [-0.2, -0.15) is 13.2 Å². The number of para-hydroxylation sites is 1. The van der Waals surface area contributed by atoms with Crippen molar-refractivity contribution in [2.24, 2.45) is 0 Å². The Balaban J connectivity index is 1.81. The van der Waals surface area contributed by atoms with Crippen LogP contribution in [0.25, 0.3) is 0 Å². The second-order valence-electron chi connectivity index (χ2n) is 5.82. The number of alkyl halides is 3. The van der Waals surface area contributed by atoms with Gasteiger partial charge in [0.15, 0.2) is 6.61 Å². The topological polar surface area (TPSA) is 51.7 Å². The van der Waals surface area contributed by atoms with Gasteiger partial charge in [0, 0.05) is 18.8 Å². The number of aryl methyl sites for hydroxylation is 1. The van der Waals surface area contributed by atoms with Gasteiger partial charge in [-0.3, -0.25) is 4.79 Å². The number of hydrogen-bond donors (Lipinski definition) is 0. The lowest BCUT2D eigenvalue weighted by atomic mass is 10.00. The molecule has 138 valence electrons. The van der Waals surface area contributed by atoms with Crippen molar-refractivity contribution in [3.05, 3.63) is 47.7 Å². The Morgan fingerprint density at radius 1 is 1.27 bits per heavy atom. The number of carbonyl (C=O) groups is 1. The summed E-state index contributed by atoms with van der Waals surface area (Å²) in [7, 11) is 1.54. The number of carbonyl (C=O) groups excluding carboxylic acids is 1. The molecule has 0 radical (unpaired) electrons. The first-order valence-corrected chi connectivity index (χ1v) is 8.02. The van der Waals surface area contributed by atoms with Crippen molar-refractivity contribution >= 4 is 11.6 Å². The zero-order valence-corrected chi connectivity index (χ0v) is 14.0. The Morgan fingerprint density at radius 2 is 2.08 bits per heavy atom. The number of nitrogens with zero attached hydrogens (tertiary/aromatic N) is 2. The van der Waals surface area contributed by atoms with E-state index in [-0.39, 0.29) is 17.4 Å². The highest BCUT2D eigenvalue weighted by Crippen LogP contribution is 2.36. The number of ether oxygens (including phenoxy) is 2. The molecule has 2 aromatic rings. The van der Waals surface area contributed by atoms with Crippen LogP contribution in [0.4, 0.5) is 18.9 Å². The average Bonchev–Trinajstić information content (AvgIpc) is 2.64. The standard InChI is InChI=1S/C18H17F3N2O3/c1-25-14-6-2-4-12-5-3-9-23(16(12)14)17(24)13-7-8-15(22-10-13)26-11-18(19,20)21/h2,4,6-8,10H,3,5,9,11H2,1H3. The number of halogens is 3. The van der Waals surface area contributed by atoms with E-state index in [0.717, 1.165) is 24.1 Å². The molecule has 0 aliphatic carbocycles. The molecule has 5 nitrogen and oxygen atoms in total. The summed E-state index contributed by atoms with van der Waals surface area (Å²) in [5, 5.41) is 0. The van der Waals surface area contributed by atoms with E-state index >= 15 is 0 Å². The Hall–Kier alpha value is -2.77. The number of benzene rings is 1. The largest absolute Gasteiger partial charge is 0.495 e. The number of fused-ring (bicyclic) bond motifs is 1. The number of pyridine rings is 1. The van der Waals surface area contributed by atoms with E-state index < -0.39 is 12.8 Å². The monoisotopic (exact) mass is 366 g/mol. The molecule has 1 aliphatic heterocycles. The van der Waals surface area contributed by atoms with Crippen molar-refractivity contribution in [2.75, 3.05) is 25.2 Å². The van der Waals surface area contributed by atoms with Crippen LogP contribution >= 0.6 is 0 Å². The molecular weight excluding hydrogens is 349 g/mol. The Labute approximate surface area is 148 Å².